The van der Waals surface area contributed by atoms with E-state index < -0.39 is 85.7 Å². The van der Waals surface area contributed by atoms with Gasteiger partial charge in [-0.15, -0.1) is 0 Å². The molecule has 2 saturated carbocycles. The summed E-state index contributed by atoms with van der Waals surface area (Å²) in [5.41, 5.74) is -2.76. The molecule has 58 heavy (non-hydrogen) atoms. The third-order valence-electron chi connectivity index (χ3n) is 12.8. The molecule has 3 N–H and O–H groups in total. The van der Waals surface area contributed by atoms with Crippen molar-refractivity contribution in [3.05, 3.63) is 42.1 Å². The van der Waals surface area contributed by atoms with Gasteiger partial charge >= 0.3 is 6.09 Å². The number of aromatic nitrogens is 1. The molecule has 17 heteroatoms. The van der Waals surface area contributed by atoms with Crippen molar-refractivity contribution in [1.29, 1.82) is 0 Å². The number of carbonyl (C=O) groups is 4. The van der Waals surface area contributed by atoms with Crippen LogP contribution >= 0.6 is 0 Å². The topological polar surface area (TPSA) is 182 Å². The summed E-state index contributed by atoms with van der Waals surface area (Å²) in [4.78, 5) is 62.4. The lowest BCUT2D eigenvalue weighted by Gasteiger charge is -2.35. The Bertz CT molecular complexity index is 2140. The third-order valence-corrected chi connectivity index (χ3v) is 14.9. The van der Waals surface area contributed by atoms with E-state index >= 15 is 0 Å². The standard InChI is InChI=1S/C41H53F2N5O9S/c1-23-9-7-8-10-26-21-41(26,36(51)47-58(53,54)39(5)15-16-39)46-33(49)30-20-27(56-34-29-12-11-25-14-18-55-32(25)28(29)13-17-44-34)22-48(30)35(50)31(24(2)19-23)45-37(52)57-38(3,4)40(6,42)43/h8,10-13,17,23-24,26-27,30-31H,7,9,14-16,18-22H2,1-6H3,(H,45,52)(H,46,49)(H,47,51)/b10-8-/t23-,24+,26+,27+,30-,31-,41+/m0/s1. The smallest absolute Gasteiger partial charge is 0.408 e. The Hall–Kier alpha value is -4.54. The van der Waals surface area contributed by atoms with Crippen molar-refractivity contribution in [2.45, 2.75) is 133 Å². The van der Waals surface area contributed by atoms with Crippen LogP contribution in [0, 0.1) is 17.8 Å². The Morgan fingerprint density at radius 1 is 1.09 bits per heavy atom. The second kappa shape index (κ2) is 14.9. The number of nitrogens with one attached hydrogen (secondary N) is 3. The second-order valence-electron chi connectivity index (χ2n) is 17.7. The van der Waals surface area contributed by atoms with E-state index in [1.54, 1.807) is 20.0 Å². The summed E-state index contributed by atoms with van der Waals surface area (Å²) < 4.78 is 73.9. The third kappa shape index (κ3) is 7.94. The fourth-order valence-corrected chi connectivity index (χ4v) is 9.51. The molecule has 4 amide bonds. The molecule has 7 rings (SSSR count). The SMILES string of the molecule is C[C@H]1CC/C=C\[C@@H]2C[C@@]2(C(=O)NS(=O)(=O)C2(C)CC2)NC(=O)[C@@H]2C[C@@H](Oc3nccc4c5c(ccc34)CCO5)CN2C(=O)[C@@H](NC(=O)OC(C)(C)C(C)(F)F)[C@H](C)C1. The van der Waals surface area contributed by atoms with Gasteiger partial charge in [-0.3, -0.25) is 19.1 Å². The highest BCUT2D eigenvalue weighted by Gasteiger charge is 2.63. The lowest BCUT2D eigenvalue weighted by molar-refractivity contribution is -0.152. The molecule has 1 aromatic heterocycles. The number of pyridine rings is 1. The van der Waals surface area contributed by atoms with E-state index in [0.717, 1.165) is 37.0 Å². The average Bonchev–Trinajstić information content (AvgIpc) is 3.91. The second-order valence-corrected chi connectivity index (χ2v) is 19.9. The molecular formula is C41H53F2N5O9S. The number of hydrogen-bond acceptors (Lipinski definition) is 10. The van der Waals surface area contributed by atoms with E-state index in [1.165, 1.54) is 4.90 Å². The minimum Gasteiger partial charge on any atom is -0.492 e. The van der Waals surface area contributed by atoms with Gasteiger partial charge in [0.05, 0.1) is 17.9 Å². The average molecular weight is 830 g/mol. The number of carbonyl (C=O) groups excluding carboxylic acids is 4. The van der Waals surface area contributed by atoms with Crippen LogP contribution in [0.25, 0.3) is 10.8 Å². The summed E-state index contributed by atoms with van der Waals surface area (Å²) in [6, 6.07) is 3.09. The molecule has 0 radical (unpaired) electrons. The van der Waals surface area contributed by atoms with Crippen LogP contribution in [0.4, 0.5) is 13.6 Å². The first kappa shape index (κ1) is 41.6. The predicted molar refractivity (Wildman–Crippen MR) is 209 cm³/mol. The van der Waals surface area contributed by atoms with Crippen LogP contribution in [0.3, 0.4) is 0 Å². The molecule has 2 aliphatic carbocycles. The largest absolute Gasteiger partial charge is 0.492 e. The van der Waals surface area contributed by atoms with Crippen LogP contribution in [0.5, 0.6) is 11.6 Å². The van der Waals surface area contributed by atoms with Crippen LogP contribution in [0.1, 0.15) is 92.1 Å². The maximum atomic E-state index is 14.8. The number of allylic oxidation sites excluding steroid dienone is 1. The number of rotatable bonds is 8. The van der Waals surface area contributed by atoms with Crippen LogP contribution < -0.4 is 24.8 Å². The fourth-order valence-electron chi connectivity index (χ4n) is 8.20. The van der Waals surface area contributed by atoms with Gasteiger partial charge in [-0.2, -0.15) is 0 Å². The normalized spacial score (nSPS) is 30.3. The maximum absolute atomic E-state index is 14.8. The van der Waals surface area contributed by atoms with E-state index in [4.69, 9.17) is 14.2 Å². The summed E-state index contributed by atoms with van der Waals surface area (Å²) in [6.45, 7) is 8.50. The maximum Gasteiger partial charge on any atom is 0.408 e. The van der Waals surface area contributed by atoms with Crippen molar-refractivity contribution >= 4 is 44.6 Å². The molecule has 5 aliphatic rings. The van der Waals surface area contributed by atoms with E-state index in [2.05, 4.69) is 20.3 Å². The van der Waals surface area contributed by atoms with Gasteiger partial charge in [-0.1, -0.05) is 32.1 Å². The number of hydrogen-bond donors (Lipinski definition) is 3. The van der Waals surface area contributed by atoms with Crippen LogP contribution in [-0.2, 0) is 35.6 Å². The number of sulfonamides is 1. The molecule has 3 fully saturated rings. The van der Waals surface area contributed by atoms with Crippen molar-refractivity contribution in [1.82, 2.24) is 25.2 Å². The van der Waals surface area contributed by atoms with Gasteiger partial charge in [0.15, 0.2) is 5.60 Å². The van der Waals surface area contributed by atoms with Crippen molar-refractivity contribution in [2.75, 3.05) is 13.2 Å². The van der Waals surface area contributed by atoms with Gasteiger partial charge in [0.1, 0.15) is 29.5 Å². The monoisotopic (exact) mass is 829 g/mol. The number of halogens is 2. The van der Waals surface area contributed by atoms with Crippen molar-refractivity contribution in [2.24, 2.45) is 17.8 Å². The zero-order valence-electron chi connectivity index (χ0n) is 33.7. The lowest BCUT2D eigenvalue weighted by Crippen LogP contribution is -2.59. The van der Waals surface area contributed by atoms with Crippen LogP contribution in [-0.4, -0.2) is 95.3 Å². The van der Waals surface area contributed by atoms with Gasteiger partial charge in [0.25, 0.3) is 11.8 Å². The molecule has 4 heterocycles. The molecule has 7 atom stereocenters. The summed E-state index contributed by atoms with van der Waals surface area (Å²) in [6.07, 6.45) is 6.63. The van der Waals surface area contributed by atoms with Crippen LogP contribution in [0.2, 0.25) is 0 Å². The van der Waals surface area contributed by atoms with Gasteiger partial charge in [0.2, 0.25) is 27.7 Å². The number of amides is 4. The van der Waals surface area contributed by atoms with Crippen molar-refractivity contribution < 1.29 is 50.6 Å². The summed E-state index contributed by atoms with van der Waals surface area (Å²) in [7, 11) is -4.05. The van der Waals surface area contributed by atoms with E-state index in [9.17, 15) is 36.4 Å². The molecule has 2 aromatic rings. The number of benzene rings is 1. The van der Waals surface area contributed by atoms with Gasteiger partial charge in [-0.05, 0) is 88.8 Å². The van der Waals surface area contributed by atoms with Gasteiger partial charge < -0.3 is 29.7 Å². The minimum absolute atomic E-state index is 0.0269. The fraction of sp³-hybridized carbons (Fsp3) is 0.634. The highest BCUT2D eigenvalue weighted by Crippen LogP contribution is 2.48. The lowest BCUT2D eigenvalue weighted by atomic mass is 9.88. The Morgan fingerprint density at radius 3 is 2.53 bits per heavy atom. The first-order valence-electron chi connectivity index (χ1n) is 20.1. The molecule has 1 aromatic carbocycles. The van der Waals surface area contributed by atoms with E-state index in [0.29, 0.717) is 51.0 Å². The van der Waals surface area contributed by atoms with E-state index in [-0.39, 0.29) is 31.2 Å². The minimum atomic E-state index is -4.05. The number of fused-ring (bicyclic) bond motifs is 5. The van der Waals surface area contributed by atoms with Crippen molar-refractivity contribution in [3.63, 3.8) is 0 Å². The van der Waals surface area contributed by atoms with Crippen LogP contribution in [0.15, 0.2) is 36.5 Å². The molecule has 316 valence electrons. The van der Waals surface area contributed by atoms with Gasteiger partial charge in [0, 0.05) is 42.7 Å². The number of alkyl carbamates (subject to hydrolysis) is 1. The van der Waals surface area contributed by atoms with E-state index in [1.807, 2.05) is 37.3 Å². The molecule has 0 bridgehead atoms. The quantitative estimate of drug-likeness (QED) is 0.309. The predicted octanol–water partition coefficient (Wildman–Crippen LogP) is 4.93. The first-order chi connectivity index (χ1) is 27.1. The number of alkyl halides is 2. The summed E-state index contributed by atoms with van der Waals surface area (Å²) in [5, 5.41) is 6.86. The highest BCUT2D eigenvalue weighted by atomic mass is 32.2. The van der Waals surface area contributed by atoms with Crippen molar-refractivity contribution in [3.8, 4) is 11.6 Å². The molecular weight excluding hydrogens is 777 g/mol. The Labute approximate surface area is 337 Å². The zero-order chi connectivity index (χ0) is 42.0. The Balaban J connectivity index is 1.22. The molecule has 0 spiro atoms. The Kier molecular flexibility index (Phi) is 10.7. The highest BCUT2D eigenvalue weighted by molar-refractivity contribution is 7.91. The first-order valence-corrected chi connectivity index (χ1v) is 21.6. The Morgan fingerprint density at radius 2 is 1.83 bits per heavy atom. The number of ether oxygens (including phenoxy) is 3. The molecule has 1 saturated heterocycles. The molecule has 0 unspecified atom stereocenters. The molecule has 14 nitrogen and oxygen atoms in total. The molecule has 3 aliphatic heterocycles. The summed E-state index contributed by atoms with van der Waals surface area (Å²) in [5.74, 6) is -5.70. The number of nitrogens with zero attached hydrogens (tertiary/aromatic N) is 2. The zero-order valence-corrected chi connectivity index (χ0v) is 34.5. The van der Waals surface area contributed by atoms with Gasteiger partial charge in [-0.25, -0.2) is 27.0 Å². The summed E-state index contributed by atoms with van der Waals surface area (Å²) >= 11 is 0.